The summed E-state index contributed by atoms with van der Waals surface area (Å²) in [4.78, 5) is 35.9. The predicted octanol–water partition coefficient (Wildman–Crippen LogP) is 6.51. The van der Waals surface area contributed by atoms with Crippen molar-refractivity contribution in [2.75, 3.05) is 59.2 Å². The van der Waals surface area contributed by atoms with E-state index in [9.17, 15) is 14.4 Å². The first-order valence-electron chi connectivity index (χ1n) is 17.6. The van der Waals surface area contributed by atoms with Gasteiger partial charge in [0.05, 0.1) is 29.4 Å². The summed E-state index contributed by atoms with van der Waals surface area (Å²) in [5.74, 6) is -0.523. The SMILES string of the molecule is C.C.CC(=O)C(O)O.CC(=O)CBr.CC(O)C[NH-].C[N-]CC(C)O.I.[CH2-]C.[CH2-]CCC(C)O.[CH2-]N(C)CC(C)O.[CH2-]N(C)CC(C)O.[CH2-]N=CC(C)=O.[CH2-]NCC(C)O.[CH3-].[CH3-].[CH3-].[CH3-].[W+2].[W+2].[W+2].[W+2].[W+2].[W+2]. The van der Waals surface area contributed by atoms with Crippen LogP contribution in [0, 0.1) is 71.7 Å². The number of Topliss-reactive ketones (excluding diaryl/α,β-unsaturated/α-hetero) is 3. The largest absolute Gasteiger partial charge is 2.00 e. The van der Waals surface area contributed by atoms with E-state index in [1.54, 1.807) is 65.3 Å². The van der Waals surface area contributed by atoms with Gasteiger partial charge in [-0.3, -0.25) is 30.7 Å². The minimum absolute atomic E-state index is 0. The summed E-state index contributed by atoms with van der Waals surface area (Å²) < 4.78 is 0. The molecule has 0 aromatic rings. The van der Waals surface area contributed by atoms with Crippen molar-refractivity contribution in [2.45, 2.75) is 140 Å². The number of hydrogen-bond donors (Lipinski definition) is 9. The minimum atomic E-state index is -1.79. The number of aliphatic imine (C=N–C) groups is 1. The Kier molecular flexibility index (Phi) is 294. The first-order valence-corrected chi connectivity index (χ1v) is 18.7. The number of alkyl halides is 1. The zero-order chi connectivity index (χ0) is 47.4. The number of nitrogens with zero attached hydrogens (tertiary/aromatic N) is 4. The maximum Gasteiger partial charge on any atom is 2.00 e. The van der Waals surface area contributed by atoms with Gasteiger partial charge >= 0.3 is 126 Å². The molecule has 0 aromatic carbocycles. The Balaban J connectivity index is -0.0000000160. The molecule has 0 spiro atoms. The normalized spacial score (nSPS) is 10.2. The van der Waals surface area contributed by atoms with E-state index >= 15 is 0 Å². The summed E-state index contributed by atoms with van der Waals surface area (Å²) in [6.07, 6.45) is -0.650. The van der Waals surface area contributed by atoms with E-state index in [0.29, 0.717) is 31.5 Å². The Morgan fingerprint density at radius 2 is 0.957 bits per heavy atom. The van der Waals surface area contributed by atoms with Gasteiger partial charge in [-0.25, -0.2) is 0 Å². The molecule has 0 saturated heterocycles. The van der Waals surface area contributed by atoms with Gasteiger partial charge in [0.2, 0.25) is 6.29 Å². The van der Waals surface area contributed by atoms with Crippen molar-refractivity contribution in [1.82, 2.24) is 15.1 Å². The third kappa shape index (κ3) is 349. The molecule has 0 aliphatic heterocycles. The van der Waals surface area contributed by atoms with Crippen LogP contribution < -0.4 is 5.32 Å². The molecule has 0 radical (unpaired) electrons. The van der Waals surface area contributed by atoms with Crippen LogP contribution in [0.15, 0.2) is 4.99 Å². The number of aliphatic hydroxyl groups excluding tert-OH is 7. The quantitative estimate of drug-likeness (QED) is 0.0295. The molecular formula is C44H106BrIN6O11W6. The third-order valence-electron chi connectivity index (χ3n) is 3.78. The summed E-state index contributed by atoms with van der Waals surface area (Å²) in [5.41, 5.74) is 6.41. The maximum atomic E-state index is 9.85. The van der Waals surface area contributed by atoms with Gasteiger partial charge in [-0.05, 0) is 96.0 Å². The molecule has 17 nitrogen and oxygen atoms in total. The Morgan fingerprint density at radius 1 is 0.696 bits per heavy atom. The number of ketones is 3. The molecule has 0 aromatic heterocycles. The van der Waals surface area contributed by atoms with Crippen LogP contribution in [0.4, 0.5) is 0 Å². The van der Waals surface area contributed by atoms with Crippen LogP contribution in [0.3, 0.4) is 0 Å². The van der Waals surface area contributed by atoms with E-state index in [0.717, 1.165) is 19.8 Å². The van der Waals surface area contributed by atoms with Crippen molar-refractivity contribution in [1.29, 1.82) is 0 Å². The average molecular weight is 2210 g/mol. The molecule has 0 rings (SSSR count). The van der Waals surface area contributed by atoms with Crippen LogP contribution in [0.1, 0.15) is 96.9 Å². The molecule has 0 heterocycles. The molecule has 10 N–H and O–H groups in total. The van der Waals surface area contributed by atoms with Crippen molar-refractivity contribution in [3.8, 4) is 0 Å². The summed E-state index contributed by atoms with van der Waals surface area (Å²) in [7, 11) is 18.8. The van der Waals surface area contributed by atoms with Gasteiger partial charge in [-0.1, -0.05) is 43.4 Å². The first kappa shape index (κ1) is 151. The second kappa shape index (κ2) is 134. The average Bonchev–Trinajstić information content (AvgIpc) is 3.02. The maximum absolute atomic E-state index is 9.85. The second-order valence-electron chi connectivity index (χ2n) is 11.7. The molecule has 0 bridgehead atoms. The second-order valence-corrected chi connectivity index (χ2v) is 12.3. The van der Waals surface area contributed by atoms with Crippen LogP contribution in [0.5, 0.6) is 0 Å². The number of hydrogen-bond acceptors (Lipinski definition) is 15. The fourth-order valence-corrected chi connectivity index (χ4v) is 1.80. The molecule has 0 aliphatic rings. The number of carbonyl (C=O) groups excluding carboxylic acids is 3. The Morgan fingerprint density at radius 3 is 0.957 bits per heavy atom. The van der Waals surface area contributed by atoms with Crippen molar-refractivity contribution in [3.63, 3.8) is 0 Å². The van der Waals surface area contributed by atoms with Crippen molar-refractivity contribution >= 4 is 63.5 Å². The number of halogens is 2. The third-order valence-corrected chi connectivity index (χ3v) is 4.57. The van der Waals surface area contributed by atoms with Gasteiger partial charge in [0.1, 0.15) is 5.78 Å². The summed E-state index contributed by atoms with van der Waals surface area (Å²) in [6.45, 7) is 25.4. The Bertz CT molecular complexity index is 737. The van der Waals surface area contributed by atoms with E-state index in [-0.39, 0.29) is 244 Å². The zero-order valence-corrected chi connectivity index (χ0v) is 65.4. The molecule has 428 valence electrons. The van der Waals surface area contributed by atoms with Gasteiger partial charge in [0.15, 0.2) is 5.78 Å². The number of aliphatic hydroxyl groups is 8. The fourth-order valence-electron chi connectivity index (χ4n) is 1.80. The van der Waals surface area contributed by atoms with E-state index in [4.69, 9.17) is 46.6 Å². The molecule has 0 saturated carbocycles. The van der Waals surface area contributed by atoms with Crippen molar-refractivity contribution < 1.29 is 182 Å². The number of rotatable bonds is 14. The predicted molar refractivity (Wildman–Crippen MR) is 291 cm³/mol. The smallest absolute Gasteiger partial charge is 0.675 e. The van der Waals surface area contributed by atoms with Gasteiger partial charge in [0.25, 0.3) is 0 Å². The zero-order valence-electron chi connectivity index (χ0n) is 43.8. The topological polar surface area (TPSA) is 282 Å². The van der Waals surface area contributed by atoms with Gasteiger partial charge in [0, 0.05) is 18.3 Å². The van der Waals surface area contributed by atoms with E-state index in [2.05, 4.69) is 73.6 Å². The summed E-state index contributed by atoms with van der Waals surface area (Å²) in [6, 6.07) is 0. The molecule has 6 atom stereocenters. The monoisotopic (exact) mass is 2200 g/mol. The Labute approximate surface area is 541 Å². The number of nitrogens with one attached hydrogen (secondary N) is 2. The van der Waals surface area contributed by atoms with Gasteiger partial charge in [-0.15, -0.1) is 37.1 Å². The minimum Gasteiger partial charge on any atom is -0.675 e. The molecule has 0 fully saturated rings. The van der Waals surface area contributed by atoms with Crippen LogP contribution in [0.25, 0.3) is 11.1 Å². The van der Waals surface area contributed by atoms with Gasteiger partial charge < -0.3 is 120 Å². The van der Waals surface area contributed by atoms with Crippen LogP contribution in [0.2, 0.25) is 0 Å². The van der Waals surface area contributed by atoms with Crippen molar-refractivity contribution in [3.05, 3.63) is 82.8 Å². The summed E-state index contributed by atoms with van der Waals surface area (Å²) in [5, 5.41) is 73.3. The summed E-state index contributed by atoms with van der Waals surface area (Å²) >= 11 is 2.96. The number of carbonyl (C=O) groups is 3. The first-order chi connectivity index (χ1) is 25.5. The van der Waals surface area contributed by atoms with Crippen LogP contribution in [-0.4, -0.2) is 176 Å². The van der Waals surface area contributed by atoms with Gasteiger partial charge in [-0.2, -0.15) is 27.4 Å². The van der Waals surface area contributed by atoms with E-state index < -0.39 is 18.2 Å². The molecule has 6 unspecified atom stereocenters. The standard InChI is InChI=1S/2C5H12NO.C5H11O.2C4H10NO.C4H6NO.C3H5BrO.C3H8NO.C3H6O3.C2H5.2CH4.4CH3.HI.6W/c2*1-5(7)4-6(2)3;1-3-4-5(2)6;3*1-4(6)3-5-2;2*1-3(5)2-4;1-2(4)3(5)6;1-2;;;;;;;;;;;;;/h2*5,7H,2,4H2,1,3H3;5-6H,1,3-4H2,2H3;4,6H,3H2,1-2H3;4-6H,2-3H2,1H3;3H,2H2,1H3;2H2,1H3;3-5H,2H2,1H3;3,5-6H,1H3;1H2,2H3;2*1H4;4*1H3;1H;;;;;;/q6*-1;;-1;;-1;;;4*-1;;6*+2. The molecule has 0 aliphatic carbocycles. The molecule has 0 amide bonds. The Hall–Kier alpha value is 3.37. The van der Waals surface area contributed by atoms with Crippen molar-refractivity contribution in [2.24, 2.45) is 4.99 Å². The van der Waals surface area contributed by atoms with E-state index in [1.807, 2.05) is 14.1 Å². The molecule has 69 heavy (non-hydrogen) atoms. The molecule has 25 heteroatoms. The van der Waals surface area contributed by atoms with Crippen LogP contribution in [-0.2, 0) is 141 Å². The van der Waals surface area contributed by atoms with Crippen LogP contribution >= 0.6 is 39.9 Å². The van der Waals surface area contributed by atoms with E-state index in [1.165, 1.54) is 20.1 Å². The fraction of sp³-hybridized carbons (Fsp3) is 0.682. The number of likely N-dealkylation sites (N-methyl/N-ethyl adjacent to an activating group) is 3. The molecular weight excluding hydrogens is 2100 g/mol.